The number of hydrogen-bond donors (Lipinski definition) is 4. The van der Waals surface area contributed by atoms with Crippen LogP contribution in [0.5, 0.6) is 11.5 Å². The molecule has 4 aromatic rings. The Bertz CT molecular complexity index is 2210. The molecule has 0 aliphatic rings. The molecule has 1 unspecified atom stereocenters. The average molecular weight is 842 g/mol. The lowest BCUT2D eigenvalue weighted by molar-refractivity contribution is -0.146. The van der Waals surface area contributed by atoms with Gasteiger partial charge in [0.2, 0.25) is 17.6 Å². The van der Waals surface area contributed by atoms with Gasteiger partial charge in [-0.3, -0.25) is 24.0 Å². The first-order valence-electron chi connectivity index (χ1n) is 18.2. The highest BCUT2D eigenvalue weighted by atomic mass is 19.2. The van der Waals surface area contributed by atoms with Gasteiger partial charge in [-0.15, -0.1) is 0 Å². The van der Waals surface area contributed by atoms with Gasteiger partial charge >= 0.3 is 11.9 Å². The molecular formula is C42H40F5N3O10. The van der Waals surface area contributed by atoms with Crippen molar-refractivity contribution in [3.05, 3.63) is 124 Å². The van der Waals surface area contributed by atoms with Crippen LogP contribution in [0.25, 0.3) is 0 Å². The van der Waals surface area contributed by atoms with Crippen LogP contribution < -0.4 is 20.7 Å². The number of hydrogen-bond acceptors (Lipinski definition) is 11. The molecule has 0 aromatic heterocycles. The van der Waals surface area contributed by atoms with Gasteiger partial charge in [0.15, 0.2) is 41.4 Å². The number of Topliss-reactive ketones (excluding diaryl/α,β-unsaturated/α-hetero) is 2. The van der Waals surface area contributed by atoms with Crippen molar-refractivity contribution in [2.45, 2.75) is 58.3 Å². The molecule has 2 amide bonds. The first-order chi connectivity index (χ1) is 28.4. The molecule has 0 spiro atoms. The molecule has 0 heterocycles. The number of benzene rings is 4. The number of aromatic hydroxyl groups is 1. The molecule has 18 heteroatoms. The van der Waals surface area contributed by atoms with Crippen LogP contribution in [0.1, 0.15) is 59.0 Å². The molecule has 0 aliphatic heterocycles. The van der Waals surface area contributed by atoms with E-state index >= 15 is 0 Å². The smallest absolute Gasteiger partial charge is 0.344 e. The third-order valence-corrected chi connectivity index (χ3v) is 8.90. The van der Waals surface area contributed by atoms with Crippen molar-refractivity contribution in [1.29, 1.82) is 0 Å². The zero-order chi connectivity index (χ0) is 44.3. The maximum atomic E-state index is 14.4. The lowest BCUT2D eigenvalue weighted by atomic mass is 9.92. The van der Waals surface area contributed by atoms with Crippen molar-refractivity contribution in [2.24, 2.45) is 5.92 Å². The van der Waals surface area contributed by atoms with Crippen LogP contribution in [0.4, 0.5) is 27.6 Å². The molecule has 0 fully saturated rings. The summed E-state index contributed by atoms with van der Waals surface area (Å²) in [5.41, 5.74) is -1.11. The van der Waals surface area contributed by atoms with Gasteiger partial charge in [-0.2, -0.15) is 0 Å². The molecule has 4 aromatic carbocycles. The number of nitrogens with one attached hydrogen (secondary N) is 3. The first kappa shape index (κ1) is 45.8. The van der Waals surface area contributed by atoms with Crippen molar-refractivity contribution in [3.8, 4) is 11.5 Å². The van der Waals surface area contributed by atoms with Crippen LogP contribution >= 0.6 is 0 Å². The Hall–Kier alpha value is -6.85. The summed E-state index contributed by atoms with van der Waals surface area (Å²) in [6.45, 7) is 2.85. The largest absolute Gasteiger partial charge is 0.508 e. The van der Waals surface area contributed by atoms with Gasteiger partial charge in [0.1, 0.15) is 29.7 Å². The summed E-state index contributed by atoms with van der Waals surface area (Å²) < 4.78 is 85.2. The molecule has 4 N–H and O–H groups in total. The highest BCUT2D eigenvalue weighted by Crippen LogP contribution is 2.28. The van der Waals surface area contributed by atoms with Gasteiger partial charge in [-0.25, -0.2) is 26.7 Å². The summed E-state index contributed by atoms with van der Waals surface area (Å²) in [5, 5.41) is 17.6. The van der Waals surface area contributed by atoms with E-state index in [0.29, 0.717) is 11.1 Å². The predicted octanol–water partition coefficient (Wildman–Crippen LogP) is 5.51. The number of halogens is 5. The van der Waals surface area contributed by atoms with E-state index < -0.39 is 107 Å². The fourth-order valence-corrected chi connectivity index (χ4v) is 5.75. The highest BCUT2D eigenvalue weighted by Gasteiger charge is 2.34. The van der Waals surface area contributed by atoms with E-state index in [4.69, 9.17) is 9.47 Å². The van der Waals surface area contributed by atoms with Crippen LogP contribution in [-0.4, -0.2) is 72.3 Å². The molecule has 318 valence electrons. The Balaban J connectivity index is 1.65. The molecule has 3 atom stereocenters. The van der Waals surface area contributed by atoms with Crippen molar-refractivity contribution >= 4 is 41.0 Å². The van der Waals surface area contributed by atoms with Gasteiger partial charge in [-0.05, 0) is 47.4 Å². The SMILES string of the molecule is COc1ccc(NC(CC(=O)OCc2ccccc2)C(=O)COC(=O)c2c(F)c(F)c(F)c(F)c2F)c(C(=O)[C@@H](NC(=O)[C@H](Cc2ccc(O)cc2)NC(C)=O)C(C)C)c1. The number of rotatable bonds is 19. The standard InChI is InChI=1S/C42H40F5N3O10/c1-21(2)39(50-41(56)30(48-22(3)51)16-23-10-12-25(52)13-11-23)40(55)27-17-26(58-4)14-15-28(27)49-29(18-32(54)59-19-24-8-6-5-7-9-24)31(53)20-60-42(57)33-34(43)36(45)38(47)37(46)35(33)44/h5-15,17,21,29-30,39,49,52H,16,18-20H2,1-4H3,(H,48,51)(H,50,56)/t29?,30-,39-/m0/s1. The molecular weight excluding hydrogens is 801 g/mol. The minimum absolute atomic E-state index is 0.0181. The fourth-order valence-electron chi connectivity index (χ4n) is 5.75. The maximum Gasteiger partial charge on any atom is 0.344 e. The Morgan fingerprint density at radius 2 is 1.35 bits per heavy atom. The van der Waals surface area contributed by atoms with Gasteiger partial charge in [0.25, 0.3) is 0 Å². The zero-order valence-corrected chi connectivity index (χ0v) is 32.6. The maximum absolute atomic E-state index is 14.4. The summed E-state index contributed by atoms with van der Waals surface area (Å²) in [4.78, 5) is 79.4. The molecule has 0 aliphatic carbocycles. The summed E-state index contributed by atoms with van der Waals surface area (Å²) >= 11 is 0. The summed E-state index contributed by atoms with van der Waals surface area (Å²) in [6.07, 6.45) is -0.818. The van der Waals surface area contributed by atoms with Crippen LogP contribution in [0.3, 0.4) is 0 Å². The number of phenolic OH excluding ortho intramolecular Hbond substituents is 1. The number of anilines is 1. The van der Waals surface area contributed by atoms with Crippen molar-refractivity contribution in [1.82, 2.24) is 10.6 Å². The monoisotopic (exact) mass is 841 g/mol. The van der Waals surface area contributed by atoms with Crippen LogP contribution in [0, 0.1) is 35.0 Å². The topological polar surface area (TPSA) is 186 Å². The lowest BCUT2D eigenvalue weighted by Crippen LogP contribution is -2.53. The zero-order valence-electron chi connectivity index (χ0n) is 32.6. The molecule has 0 bridgehead atoms. The predicted molar refractivity (Wildman–Crippen MR) is 203 cm³/mol. The van der Waals surface area contributed by atoms with E-state index in [1.807, 2.05) is 0 Å². The van der Waals surface area contributed by atoms with E-state index in [9.17, 15) is 55.8 Å². The average Bonchev–Trinajstić information content (AvgIpc) is 3.22. The molecule has 4 rings (SSSR count). The number of phenols is 1. The first-order valence-corrected chi connectivity index (χ1v) is 18.2. The minimum Gasteiger partial charge on any atom is -0.508 e. The van der Waals surface area contributed by atoms with E-state index in [1.165, 1.54) is 44.4 Å². The van der Waals surface area contributed by atoms with Crippen molar-refractivity contribution < 1.29 is 70.0 Å². The van der Waals surface area contributed by atoms with Crippen LogP contribution in [-0.2, 0) is 41.7 Å². The number of methoxy groups -OCH3 is 1. The highest BCUT2D eigenvalue weighted by molar-refractivity contribution is 6.07. The van der Waals surface area contributed by atoms with E-state index in [1.54, 1.807) is 56.3 Å². The number of amides is 2. The Morgan fingerprint density at radius 3 is 1.93 bits per heavy atom. The normalized spacial score (nSPS) is 12.4. The lowest BCUT2D eigenvalue weighted by Gasteiger charge is -2.27. The van der Waals surface area contributed by atoms with Crippen molar-refractivity contribution in [2.75, 3.05) is 19.0 Å². The quantitative estimate of drug-likeness (QED) is 0.0307. The van der Waals surface area contributed by atoms with E-state index in [-0.39, 0.29) is 35.8 Å². The Kier molecular flexibility index (Phi) is 15.8. The van der Waals surface area contributed by atoms with Gasteiger partial charge in [0, 0.05) is 24.6 Å². The molecule has 60 heavy (non-hydrogen) atoms. The molecule has 13 nitrogen and oxygen atoms in total. The number of carbonyl (C=O) groups is 6. The molecule has 0 saturated heterocycles. The molecule has 0 saturated carbocycles. The molecule has 0 radical (unpaired) electrons. The van der Waals surface area contributed by atoms with Gasteiger partial charge in [-0.1, -0.05) is 56.3 Å². The second-order valence-corrected chi connectivity index (χ2v) is 13.7. The number of ketones is 2. The van der Waals surface area contributed by atoms with Gasteiger partial charge in [0.05, 0.1) is 25.6 Å². The van der Waals surface area contributed by atoms with Crippen LogP contribution in [0.2, 0.25) is 0 Å². The number of ether oxygens (including phenoxy) is 3. The van der Waals surface area contributed by atoms with Crippen LogP contribution in [0.15, 0.2) is 72.8 Å². The Morgan fingerprint density at radius 1 is 0.733 bits per heavy atom. The van der Waals surface area contributed by atoms with Crippen molar-refractivity contribution in [3.63, 3.8) is 0 Å². The summed E-state index contributed by atoms with van der Waals surface area (Å²) in [6, 6.07) is 14.1. The third-order valence-electron chi connectivity index (χ3n) is 8.90. The second kappa shape index (κ2) is 20.7. The summed E-state index contributed by atoms with van der Waals surface area (Å²) in [7, 11) is 1.30. The van der Waals surface area contributed by atoms with E-state index in [0.717, 1.165) is 0 Å². The second-order valence-electron chi connectivity index (χ2n) is 13.7. The number of esters is 2. The Labute approximate surface area is 340 Å². The third kappa shape index (κ3) is 11.9. The summed E-state index contributed by atoms with van der Waals surface area (Å²) in [5.74, 6) is -19.1. The fraction of sp³-hybridized carbons (Fsp3) is 0.286. The van der Waals surface area contributed by atoms with E-state index in [2.05, 4.69) is 20.7 Å². The minimum atomic E-state index is -2.53. The number of carbonyl (C=O) groups excluding carboxylic acids is 6. The van der Waals surface area contributed by atoms with Gasteiger partial charge < -0.3 is 35.3 Å².